The van der Waals surface area contributed by atoms with Crippen LogP contribution in [0.4, 0.5) is 0 Å². The zero-order valence-corrected chi connectivity index (χ0v) is 10.6. The molecule has 0 bridgehead atoms. The third-order valence-electron chi connectivity index (χ3n) is 2.50. The first kappa shape index (κ1) is 11.3. The van der Waals surface area contributed by atoms with Gasteiger partial charge < -0.3 is 4.74 Å². The van der Waals surface area contributed by atoms with Gasteiger partial charge in [0.1, 0.15) is 11.3 Å². The SMILES string of the molecule is CCSc1cc(C)c2cccc(OC)c2n1. The Morgan fingerprint density at radius 3 is 2.88 bits per heavy atom. The number of para-hydroxylation sites is 1. The fourth-order valence-electron chi connectivity index (χ4n) is 1.75. The first-order valence-electron chi connectivity index (χ1n) is 5.33. The number of fused-ring (bicyclic) bond motifs is 1. The van der Waals surface area contributed by atoms with Gasteiger partial charge in [0.05, 0.1) is 12.1 Å². The molecule has 0 radical (unpaired) electrons. The maximum absolute atomic E-state index is 5.34. The molecule has 0 atom stereocenters. The van der Waals surface area contributed by atoms with Crippen molar-refractivity contribution in [3.8, 4) is 5.75 Å². The third-order valence-corrected chi connectivity index (χ3v) is 3.29. The number of rotatable bonds is 3. The van der Waals surface area contributed by atoms with Gasteiger partial charge in [0, 0.05) is 5.39 Å². The van der Waals surface area contributed by atoms with Gasteiger partial charge in [-0.15, -0.1) is 11.8 Å². The molecule has 2 nitrogen and oxygen atoms in total. The Balaban J connectivity index is 2.67. The van der Waals surface area contributed by atoms with E-state index in [0.717, 1.165) is 22.0 Å². The number of aromatic nitrogens is 1. The van der Waals surface area contributed by atoms with E-state index in [1.165, 1.54) is 10.9 Å². The molecule has 2 rings (SSSR count). The van der Waals surface area contributed by atoms with E-state index in [1.54, 1.807) is 18.9 Å². The molecule has 84 valence electrons. The van der Waals surface area contributed by atoms with Crippen molar-refractivity contribution in [3.05, 3.63) is 29.8 Å². The van der Waals surface area contributed by atoms with Crippen LogP contribution in [0.2, 0.25) is 0 Å². The van der Waals surface area contributed by atoms with Gasteiger partial charge in [0.25, 0.3) is 0 Å². The molecule has 1 aromatic heterocycles. The molecule has 0 N–H and O–H groups in total. The summed E-state index contributed by atoms with van der Waals surface area (Å²) in [5.41, 5.74) is 2.21. The van der Waals surface area contributed by atoms with Crippen LogP contribution in [0.15, 0.2) is 29.3 Å². The topological polar surface area (TPSA) is 22.1 Å². The van der Waals surface area contributed by atoms with E-state index in [9.17, 15) is 0 Å². The maximum Gasteiger partial charge on any atom is 0.145 e. The monoisotopic (exact) mass is 233 g/mol. The molecule has 0 spiro atoms. The Hall–Kier alpha value is -1.22. The third kappa shape index (κ3) is 2.00. The molecular weight excluding hydrogens is 218 g/mol. The Kier molecular flexibility index (Phi) is 3.34. The predicted octanol–water partition coefficient (Wildman–Crippen LogP) is 3.66. The summed E-state index contributed by atoms with van der Waals surface area (Å²) < 4.78 is 5.34. The van der Waals surface area contributed by atoms with Crippen molar-refractivity contribution in [1.29, 1.82) is 0 Å². The maximum atomic E-state index is 5.34. The second kappa shape index (κ2) is 4.74. The Labute approximate surface area is 100 Å². The van der Waals surface area contributed by atoms with Gasteiger partial charge in [-0.3, -0.25) is 0 Å². The largest absolute Gasteiger partial charge is 0.494 e. The number of thioether (sulfide) groups is 1. The number of methoxy groups -OCH3 is 1. The van der Waals surface area contributed by atoms with Gasteiger partial charge in [-0.25, -0.2) is 4.98 Å². The zero-order chi connectivity index (χ0) is 11.5. The van der Waals surface area contributed by atoms with Gasteiger partial charge >= 0.3 is 0 Å². The minimum atomic E-state index is 0.846. The smallest absolute Gasteiger partial charge is 0.145 e. The quantitative estimate of drug-likeness (QED) is 0.755. The lowest BCUT2D eigenvalue weighted by Gasteiger charge is -2.08. The van der Waals surface area contributed by atoms with Crippen LogP contribution in [-0.4, -0.2) is 17.8 Å². The van der Waals surface area contributed by atoms with Crippen LogP contribution >= 0.6 is 11.8 Å². The number of benzene rings is 1. The molecule has 0 unspecified atom stereocenters. The summed E-state index contributed by atoms with van der Waals surface area (Å²) in [6, 6.07) is 8.17. The van der Waals surface area contributed by atoms with Crippen LogP contribution in [0.5, 0.6) is 5.75 Å². The molecule has 0 saturated heterocycles. The minimum absolute atomic E-state index is 0.846. The minimum Gasteiger partial charge on any atom is -0.494 e. The number of nitrogens with zero attached hydrogens (tertiary/aromatic N) is 1. The molecule has 1 heterocycles. The fourth-order valence-corrected chi connectivity index (χ4v) is 2.46. The van der Waals surface area contributed by atoms with Crippen LogP contribution in [0.1, 0.15) is 12.5 Å². The van der Waals surface area contributed by atoms with Crippen molar-refractivity contribution in [2.75, 3.05) is 12.9 Å². The first-order chi connectivity index (χ1) is 7.76. The van der Waals surface area contributed by atoms with Gasteiger partial charge in [-0.2, -0.15) is 0 Å². The number of aryl methyl sites for hydroxylation is 1. The summed E-state index contributed by atoms with van der Waals surface area (Å²) in [7, 11) is 1.69. The van der Waals surface area contributed by atoms with E-state index >= 15 is 0 Å². The summed E-state index contributed by atoms with van der Waals surface area (Å²) in [5.74, 6) is 1.88. The average molecular weight is 233 g/mol. The summed E-state index contributed by atoms with van der Waals surface area (Å²) >= 11 is 1.76. The predicted molar refractivity (Wildman–Crippen MR) is 69.4 cm³/mol. The Morgan fingerprint density at radius 1 is 1.38 bits per heavy atom. The lowest BCUT2D eigenvalue weighted by molar-refractivity contribution is 0.418. The molecule has 0 saturated carbocycles. The fraction of sp³-hybridized carbons (Fsp3) is 0.308. The molecule has 0 fully saturated rings. The number of ether oxygens (including phenoxy) is 1. The highest BCUT2D eigenvalue weighted by molar-refractivity contribution is 7.99. The molecule has 0 aliphatic rings. The van der Waals surface area contributed by atoms with Gasteiger partial charge in [-0.1, -0.05) is 19.1 Å². The molecule has 3 heteroatoms. The Morgan fingerprint density at radius 2 is 2.19 bits per heavy atom. The molecule has 16 heavy (non-hydrogen) atoms. The molecule has 1 aromatic carbocycles. The summed E-state index contributed by atoms with van der Waals surface area (Å²) in [5, 5.41) is 2.23. The highest BCUT2D eigenvalue weighted by Crippen LogP contribution is 2.29. The second-order valence-electron chi connectivity index (χ2n) is 3.57. The van der Waals surface area contributed by atoms with Crippen molar-refractivity contribution in [1.82, 2.24) is 4.98 Å². The first-order valence-corrected chi connectivity index (χ1v) is 6.32. The lowest BCUT2D eigenvalue weighted by Crippen LogP contribution is -1.91. The lowest BCUT2D eigenvalue weighted by atomic mass is 10.1. The van der Waals surface area contributed by atoms with E-state index in [2.05, 4.69) is 31.0 Å². The van der Waals surface area contributed by atoms with Crippen molar-refractivity contribution in [3.63, 3.8) is 0 Å². The van der Waals surface area contributed by atoms with Crippen LogP contribution < -0.4 is 4.74 Å². The molecular formula is C13H15NOS. The van der Waals surface area contributed by atoms with E-state index in [0.29, 0.717) is 0 Å². The summed E-state index contributed by atoms with van der Waals surface area (Å²) in [4.78, 5) is 4.63. The van der Waals surface area contributed by atoms with Crippen LogP contribution in [0.25, 0.3) is 10.9 Å². The molecule has 0 aliphatic heterocycles. The normalized spacial score (nSPS) is 10.7. The Bertz CT molecular complexity index is 511. The van der Waals surface area contributed by atoms with E-state index in [4.69, 9.17) is 4.74 Å². The van der Waals surface area contributed by atoms with Crippen LogP contribution in [-0.2, 0) is 0 Å². The number of pyridine rings is 1. The zero-order valence-electron chi connectivity index (χ0n) is 9.78. The molecule has 2 aromatic rings. The summed E-state index contributed by atoms with van der Waals surface area (Å²) in [6.07, 6.45) is 0. The number of hydrogen-bond acceptors (Lipinski definition) is 3. The van der Waals surface area contributed by atoms with Crippen molar-refractivity contribution in [2.45, 2.75) is 18.9 Å². The highest BCUT2D eigenvalue weighted by Gasteiger charge is 2.07. The average Bonchev–Trinajstić information content (AvgIpc) is 2.29. The van der Waals surface area contributed by atoms with Gasteiger partial charge in [0.2, 0.25) is 0 Å². The molecule has 0 aliphatic carbocycles. The second-order valence-corrected chi connectivity index (χ2v) is 4.85. The standard InChI is InChI=1S/C13H15NOS/c1-4-16-12-8-9(2)10-6-5-7-11(15-3)13(10)14-12/h5-8H,4H2,1-3H3. The van der Waals surface area contributed by atoms with E-state index in [1.807, 2.05) is 12.1 Å². The van der Waals surface area contributed by atoms with Gasteiger partial charge in [-0.05, 0) is 30.4 Å². The number of hydrogen-bond donors (Lipinski definition) is 0. The highest BCUT2D eigenvalue weighted by atomic mass is 32.2. The van der Waals surface area contributed by atoms with E-state index in [-0.39, 0.29) is 0 Å². The van der Waals surface area contributed by atoms with Crippen molar-refractivity contribution in [2.24, 2.45) is 0 Å². The van der Waals surface area contributed by atoms with Crippen LogP contribution in [0, 0.1) is 6.92 Å². The van der Waals surface area contributed by atoms with Crippen molar-refractivity contribution >= 4 is 22.7 Å². The van der Waals surface area contributed by atoms with Gasteiger partial charge in [0.15, 0.2) is 0 Å². The van der Waals surface area contributed by atoms with E-state index < -0.39 is 0 Å². The molecule has 0 amide bonds. The van der Waals surface area contributed by atoms with Crippen LogP contribution in [0.3, 0.4) is 0 Å². The summed E-state index contributed by atoms with van der Waals surface area (Å²) in [6.45, 7) is 4.25. The van der Waals surface area contributed by atoms with Crippen molar-refractivity contribution < 1.29 is 4.74 Å².